The lowest BCUT2D eigenvalue weighted by atomic mass is 9.84. The topological polar surface area (TPSA) is 134 Å². The molecule has 2 aromatic rings. The first-order valence-electron chi connectivity index (χ1n) is 12.2. The zero-order chi connectivity index (χ0) is 28.3. The molecule has 0 spiro atoms. The van der Waals surface area contributed by atoms with Crippen molar-refractivity contribution in [3.05, 3.63) is 35.0 Å². The summed E-state index contributed by atoms with van der Waals surface area (Å²) >= 11 is 0. The Bertz CT molecular complexity index is 1320. The van der Waals surface area contributed by atoms with Gasteiger partial charge in [-0.2, -0.15) is 23.5 Å². The Kier molecular flexibility index (Phi) is 8.78. The number of alkyl halides is 3. The number of sulfone groups is 1. The molecular weight excluding hydrogens is 525 g/mol. The predicted molar refractivity (Wildman–Crippen MR) is 133 cm³/mol. The molecule has 1 aliphatic rings. The summed E-state index contributed by atoms with van der Waals surface area (Å²) in [5.74, 6) is -0.450. The molecule has 1 heterocycles. The van der Waals surface area contributed by atoms with E-state index >= 15 is 0 Å². The molecule has 38 heavy (non-hydrogen) atoms. The van der Waals surface area contributed by atoms with Crippen LogP contribution < -0.4 is 10.1 Å². The molecule has 13 heteroatoms. The minimum Gasteiger partial charge on any atom is -0.496 e. The van der Waals surface area contributed by atoms with Gasteiger partial charge in [0.25, 0.3) is 5.91 Å². The van der Waals surface area contributed by atoms with Gasteiger partial charge in [-0.3, -0.25) is 9.48 Å². The molecule has 1 aromatic carbocycles. The number of halogens is 3. The lowest BCUT2D eigenvalue weighted by molar-refractivity contribution is -0.134. The van der Waals surface area contributed by atoms with Crippen LogP contribution >= 0.6 is 0 Å². The molecule has 0 saturated heterocycles. The van der Waals surface area contributed by atoms with Crippen molar-refractivity contribution in [2.24, 2.45) is 0 Å². The summed E-state index contributed by atoms with van der Waals surface area (Å²) < 4.78 is 68.4. The van der Waals surface area contributed by atoms with E-state index in [0.717, 1.165) is 0 Å². The van der Waals surface area contributed by atoms with Gasteiger partial charge in [-0.1, -0.05) is 6.07 Å². The first kappa shape index (κ1) is 29.4. The van der Waals surface area contributed by atoms with Crippen LogP contribution in [0, 0.1) is 11.3 Å². The highest BCUT2D eigenvalue weighted by atomic mass is 32.2. The van der Waals surface area contributed by atoms with Gasteiger partial charge in [-0.25, -0.2) is 8.42 Å². The Hall–Kier alpha value is -3.11. The Labute approximate surface area is 219 Å². The summed E-state index contributed by atoms with van der Waals surface area (Å²) in [6, 6.07) is 6.53. The summed E-state index contributed by atoms with van der Waals surface area (Å²) in [4.78, 5) is 13.1. The van der Waals surface area contributed by atoms with Gasteiger partial charge in [0.1, 0.15) is 27.2 Å². The maximum atomic E-state index is 13.1. The second-order valence-electron chi connectivity index (χ2n) is 9.59. The molecule has 0 aliphatic heterocycles. The van der Waals surface area contributed by atoms with E-state index in [1.807, 2.05) is 6.07 Å². The predicted octanol–water partition coefficient (Wildman–Crippen LogP) is 3.39. The van der Waals surface area contributed by atoms with E-state index in [1.165, 1.54) is 30.2 Å². The number of carbonyl (C=O) groups excluding carboxylic acids is 1. The second kappa shape index (κ2) is 11.3. The van der Waals surface area contributed by atoms with Gasteiger partial charge < -0.3 is 15.2 Å². The van der Waals surface area contributed by atoms with Crippen molar-refractivity contribution in [1.82, 2.24) is 15.1 Å². The standard InChI is InChI=1S/C25H31F3N4O5S/c1-4-32-22(18-6-5-16(13-20(18)37-2)7-12-25(26,27)28)19(14-29)21(31-32)23(33)30-15-24(34)10-8-17(9-11-24)38(3,35)36/h5-6,13,17,34H,4,7-12,15H2,1-3H3,(H,30,33). The Morgan fingerprint density at radius 2 is 2.00 bits per heavy atom. The molecular formula is C25H31F3N4O5S. The fourth-order valence-corrected chi connectivity index (χ4v) is 5.76. The van der Waals surface area contributed by atoms with Crippen LogP contribution in [0.25, 0.3) is 11.3 Å². The quantitative estimate of drug-likeness (QED) is 0.484. The summed E-state index contributed by atoms with van der Waals surface area (Å²) in [7, 11) is -1.86. The van der Waals surface area contributed by atoms with Gasteiger partial charge in [0.05, 0.1) is 23.7 Å². The lowest BCUT2D eigenvalue weighted by Crippen LogP contribution is -2.47. The summed E-state index contributed by atoms with van der Waals surface area (Å²) in [5, 5.41) is 27.2. The largest absolute Gasteiger partial charge is 0.496 e. The van der Waals surface area contributed by atoms with Gasteiger partial charge >= 0.3 is 6.18 Å². The van der Waals surface area contributed by atoms with Gasteiger partial charge in [0.2, 0.25) is 0 Å². The van der Waals surface area contributed by atoms with E-state index in [1.54, 1.807) is 13.0 Å². The van der Waals surface area contributed by atoms with Crippen LogP contribution in [-0.2, 0) is 22.8 Å². The number of benzene rings is 1. The van der Waals surface area contributed by atoms with Crippen molar-refractivity contribution < 1.29 is 36.2 Å². The number of aliphatic hydroxyl groups is 1. The molecule has 1 fully saturated rings. The van der Waals surface area contributed by atoms with Crippen molar-refractivity contribution in [1.29, 1.82) is 5.26 Å². The van der Waals surface area contributed by atoms with Crippen LogP contribution in [0.4, 0.5) is 13.2 Å². The lowest BCUT2D eigenvalue weighted by Gasteiger charge is -2.35. The minimum absolute atomic E-state index is 0.0431. The van der Waals surface area contributed by atoms with Crippen molar-refractivity contribution in [2.45, 2.75) is 69.0 Å². The third kappa shape index (κ3) is 6.85. The average molecular weight is 557 g/mol. The number of methoxy groups -OCH3 is 1. The summed E-state index contributed by atoms with van der Waals surface area (Å²) in [6.45, 7) is 1.90. The van der Waals surface area contributed by atoms with Crippen LogP contribution in [0.3, 0.4) is 0 Å². The molecule has 2 N–H and O–H groups in total. The highest BCUT2D eigenvalue weighted by Crippen LogP contribution is 2.36. The molecule has 1 amide bonds. The Morgan fingerprint density at radius 3 is 2.53 bits per heavy atom. The van der Waals surface area contributed by atoms with E-state index < -0.39 is 39.2 Å². The zero-order valence-corrected chi connectivity index (χ0v) is 22.2. The normalized spacial score (nSPS) is 20.1. The van der Waals surface area contributed by atoms with Crippen LogP contribution in [0.15, 0.2) is 18.2 Å². The molecule has 0 radical (unpaired) electrons. The number of hydrogen-bond acceptors (Lipinski definition) is 7. The second-order valence-corrected chi connectivity index (χ2v) is 11.9. The average Bonchev–Trinajstić information content (AvgIpc) is 3.23. The smallest absolute Gasteiger partial charge is 0.389 e. The number of carbonyl (C=O) groups is 1. The van der Waals surface area contributed by atoms with E-state index in [2.05, 4.69) is 10.4 Å². The number of nitrogens with zero attached hydrogens (tertiary/aromatic N) is 3. The third-order valence-electron chi connectivity index (χ3n) is 6.84. The number of aryl methyl sites for hydroxylation is 2. The van der Waals surface area contributed by atoms with E-state index in [4.69, 9.17) is 4.74 Å². The van der Waals surface area contributed by atoms with E-state index in [0.29, 0.717) is 11.1 Å². The monoisotopic (exact) mass is 556 g/mol. The van der Waals surface area contributed by atoms with Gasteiger partial charge in [0.15, 0.2) is 5.69 Å². The van der Waals surface area contributed by atoms with Crippen molar-refractivity contribution >= 4 is 15.7 Å². The number of aromatic nitrogens is 2. The fourth-order valence-electron chi connectivity index (χ4n) is 4.66. The molecule has 1 aromatic heterocycles. The van der Waals surface area contributed by atoms with Crippen molar-refractivity contribution in [2.75, 3.05) is 19.9 Å². The van der Waals surface area contributed by atoms with Crippen molar-refractivity contribution in [3.8, 4) is 23.1 Å². The van der Waals surface area contributed by atoms with Crippen LogP contribution in [0.2, 0.25) is 0 Å². The number of rotatable bonds is 9. The molecule has 1 saturated carbocycles. The number of nitriles is 1. The van der Waals surface area contributed by atoms with Crippen LogP contribution in [-0.4, -0.2) is 66.1 Å². The van der Waals surface area contributed by atoms with E-state index in [-0.39, 0.29) is 67.9 Å². The van der Waals surface area contributed by atoms with Gasteiger partial charge in [-0.15, -0.1) is 0 Å². The molecule has 0 atom stereocenters. The molecule has 0 unspecified atom stereocenters. The zero-order valence-electron chi connectivity index (χ0n) is 21.4. The number of nitrogens with one attached hydrogen (secondary N) is 1. The SMILES string of the molecule is CCn1nc(C(=O)NCC2(O)CCC(S(C)(=O)=O)CC2)c(C#N)c1-c1ccc(CCC(F)(F)F)cc1OC. The first-order chi connectivity index (χ1) is 17.7. The summed E-state index contributed by atoms with van der Waals surface area (Å²) in [6.07, 6.45) is -3.41. The minimum atomic E-state index is -4.30. The highest BCUT2D eigenvalue weighted by molar-refractivity contribution is 7.91. The molecule has 0 bridgehead atoms. The first-order valence-corrected chi connectivity index (χ1v) is 14.1. The van der Waals surface area contributed by atoms with Crippen LogP contribution in [0.5, 0.6) is 5.75 Å². The fraction of sp³-hybridized carbons (Fsp3) is 0.560. The third-order valence-corrected chi connectivity index (χ3v) is 8.53. The molecule has 1 aliphatic carbocycles. The number of hydrogen-bond donors (Lipinski definition) is 2. The molecule has 3 rings (SSSR count). The van der Waals surface area contributed by atoms with Crippen LogP contribution in [0.1, 0.15) is 60.6 Å². The summed E-state index contributed by atoms with van der Waals surface area (Å²) in [5.41, 5.74) is -0.409. The Morgan fingerprint density at radius 1 is 1.34 bits per heavy atom. The van der Waals surface area contributed by atoms with Gasteiger partial charge in [-0.05, 0) is 56.7 Å². The Balaban J connectivity index is 1.85. The molecule has 208 valence electrons. The highest BCUT2D eigenvalue weighted by Gasteiger charge is 2.37. The van der Waals surface area contributed by atoms with Gasteiger partial charge in [0, 0.05) is 31.3 Å². The molecule has 9 nitrogen and oxygen atoms in total. The maximum Gasteiger partial charge on any atom is 0.389 e. The number of amides is 1. The number of ether oxygens (including phenoxy) is 1. The van der Waals surface area contributed by atoms with Crippen molar-refractivity contribution in [3.63, 3.8) is 0 Å². The maximum absolute atomic E-state index is 13.1. The van der Waals surface area contributed by atoms with E-state index in [9.17, 15) is 36.8 Å².